The molecule has 0 saturated heterocycles. The third-order valence-corrected chi connectivity index (χ3v) is 12.7. The molecule has 0 heterocycles. The smallest absolute Gasteiger partial charge is 0.306 e. The second-order valence-corrected chi connectivity index (χ2v) is 21.3. The number of quaternary nitrogens is 1. The van der Waals surface area contributed by atoms with Gasteiger partial charge in [0.05, 0.1) is 27.7 Å². The molecule has 0 fully saturated rings. The van der Waals surface area contributed by atoms with E-state index in [1.54, 1.807) is 0 Å². The Kier molecular flexibility index (Phi) is 50.6. The van der Waals surface area contributed by atoms with Gasteiger partial charge in [0, 0.05) is 12.8 Å². The van der Waals surface area contributed by atoms with Gasteiger partial charge in [0.2, 0.25) is 0 Å². The summed E-state index contributed by atoms with van der Waals surface area (Å²) in [6.45, 7) is 4.08. The number of rotatable bonds is 51. The normalized spacial score (nSPS) is 14.2. The number of likely N-dealkylation sites (N-methyl/N-ethyl adjacent to an activating group) is 1. The van der Waals surface area contributed by atoms with Crippen molar-refractivity contribution >= 4 is 19.8 Å². The molecule has 0 N–H and O–H groups in total. The maximum Gasteiger partial charge on any atom is 0.306 e. The van der Waals surface area contributed by atoms with Gasteiger partial charge in [0.1, 0.15) is 19.8 Å². The van der Waals surface area contributed by atoms with Crippen LogP contribution in [-0.4, -0.2) is 70.0 Å². The lowest BCUT2D eigenvalue weighted by Gasteiger charge is -2.28. The fraction of sp³-hybridized carbons (Fsp3) is 0.651. The Hall–Kier alpha value is -3.59. The highest BCUT2D eigenvalue weighted by Gasteiger charge is 2.21. The number of ether oxygens (including phenoxy) is 2. The van der Waals surface area contributed by atoms with Gasteiger partial charge in [0.15, 0.2) is 6.10 Å². The number of hydrogen-bond acceptors (Lipinski definition) is 8. The van der Waals surface area contributed by atoms with Crippen molar-refractivity contribution in [1.29, 1.82) is 0 Å². The van der Waals surface area contributed by atoms with Crippen molar-refractivity contribution in [3.8, 4) is 0 Å². The largest absolute Gasteiger partial charge is 0.756 e. The van der Waals surface area contributed by atoms with Crippen LogP contribution in [0.5, 0.6) is 0 Å². The summed E-state index contributed by atoms with van der Waals surface area (Å²) in [6.07, 6.45) is 75.3. The molecule has 0 aromatic carbocycles. The number of unbranched alkanes of at least 4 members (excludes halogenated alkanes) is 17. The number of phosphoric ester groups is 1. The highest BCUT2D eigenvalue weighted by atomic mass is 31.2. The molecule has 0 aliphatic carbocycles. The van der Waals surface area contributed by atoms with Crippen LogP contribution in [0.4, 0.5) is 0 Å². The van der Waals surface area contributed by atoms with Crippen molar-refractivity contribution < 1.29 is 42.1 Å². The third-order valence-electron chi connectivity index (χ3n) is 11.7. The first-order valence-electron chi connectivity index (χ1n) is 28.7. The predicted molar refractivity (Wildman–Crippen MR) is 309 cm³/mol. The Morgan fingerprint density at radius 3 is 1.16 bits per heavy atom. The highest BCUT2D eigenvalue weighted by Crippen LogP contribution is 2.38. The molecule has 0 amide bonds. The Bertz CT molecular complexity index is 1650. The summed E-state index contributed by atoms with van der Waals surface area (Å²) in [5.41, 5.74) is 0. The molecule has 0 bridgehead atoms. The van der Waals surface area contributed by atoms with Crippen molar-refractivity contribution in [1.82, 2.24) is 0 Å². The van der Waals surface area contributed by atoms with E-state index in [0.29, 0.717) is 17.4 Å². The van der Waals surface area contributed by atoms with Crippen LogP contribution < -0.4 is 4.89 Å². The van der Waals surface area contributed by atoms with Crippen LogP contribution in [0.3, 0.4) is 0 Å². The molecular weight excluding hydrogens is 930 g/mol. The summed E-state index contributed by atoms with van der Waals surface area (Å²) < 4.78 is 34.0. The Morgan fingerprint density at radius 1 is 0.438 bits per heavy atom. The Morgan fingerprint density at radius 2 is 0.781 bits per heavy atom. The topological polar surface area (TPSA) is 111 Å². The summed E-state index contributed by atoms with van der Waals surface area (Å²) in [5, 5.41) is 0. The monoisotopic (exact) mass is 1040 g/mol. The molecule has 416 valence electrons. The van der Waals surface area contributed by atoms with Crippen molar-refractivity contribution in [3.05, 3.63) is 122 Å². The van der Waals surface area contributed by atoms with E-state index in [1.807, 2.05) is 21.1 Å². The number of esters is 2. The van der Waals surface area contributed by atoms with Gasteiger partial charge in [-0.3, -0.25) is 14.2 Å². The zero-order chi connectivity index (χ0) is 53.5. The lowest BCUT2D eigenvalue weighted by atomic mass is 10.0. The quantitative estimate of drug-likeness (QED) is 0.0195. The van der Waals surface area contributed by atoms with Crippen LogP contribution in [0.2, 0.25) is 0 Å². The van der Waals surface area contributed by atoms with Crippen LogP contribution in [-0.2, 0) is 32.7 Å². The second-order valence-electron chi connectivity index (χ2n) is 19.9. The van der Waals surface area contributed by atoms with Crippen LogP contribution in [0.15, 0.2) is 122 Å². The maximum absolute atomic E-state index is 12.8. The molecule has 0 aromatic heterocycles. The van der Waals surface area contributed by atoms with Crippen molar-refractivity contribution in [2.75, 3.05) is 47.5 Å². The minimum absolute atomic E-state index is 0.0388. The van der Waals surface area contributed by atoms with Gasteiger partial charge in [0.25, 0.3) is 7.82 Å². The summed E-state index contributed by atoms with van der Waals surface area (Å²) in [6, 6.07) is 0. The summed E-state index contributed by atoms with van der Waals surface area (Å²) in [4.78, 5) is 37.7. The Labute approximate surface area is 448 Å². The SMILES string of the molecule is CC/C=C\C/C=C\C/C=C\C/C=C\C/C=C\C/C=C\C/C=C\C/C=C\C/C=C\C/C=C\CCCCCCCCC(=O)OC(COC(=O)CCCCCCCCCCCCCC)COP(=O)([O-])OCC[N+](C)(C)C. The Balaban J connectivity index is 4.16. The fourth-order valence-electron chi connectivity index (χ4n) is 7.33. The van der Waals surface area contributed by atoms with E-state index in [1.165, 1.54) is 57.8 Å². The number of phosphoric acid groups is 1. The van der Waals surface area contributed by atoms with E-state index in [4.69, 9.17) is 18.5 Å². The summed E-state index contributed by atoms with van der Waals surface area (Å²) in [5.74, 6) is -0.856. The molecule has 0 saturated carbocycles. The molecule has 0 aliphatic heterocycles. The van der Waals surface area contributed by atoms with Gasteiger partial charge in [-0.1, -0.05) is 232 Å². The highest BCUT2D eigenvalue weighted by molar-refractivity contribution is 7.45. The van der Waals surface area contributed by atoms with Gasteiger partial charge >= 0.3 is 11.9 Å². The molecule has 0 radical (unpaired) electrons. The standard InChI is InChI=1S/C63H106NO8P/c1-6-8-10-12-14-16-18-20-21-22-23-24-25-26-27-28-29-30-31-32-33-34-35-36-37-38-39-40-41-42-43-44-46-48-50-52-54-56-63(66)72-61(60-71-73(67,68)70-58-57-64(3,4)5)59-69-62(65)55-53-51-49-47-45-19-17-15-13-11-9-7-2/h8,10,14,16,20-21,23-24,26-27,29-30,32-33,35-36,38-39,41-42,61H,6-7,9,11-13,15,17-19,22,25,28,31,34,37,40,43-60H2,1-5H3/b10-8-,16-14-,21-20-,24-23-,27-26-,30-29-,33-32-,36-35-,39-38-,42-41-. The lowest BCUT2D eigenvalue weighted by Crippen LogP contribution is -2.37. The zero-order valence-corrected chi connectivity index (χ0v) is 47.9. The predicted octanol–water partition coefficient (Wildman–Crippen LogP) is 17.3. The number of allylic oxidation sites excluding steroid dienone is 20. The van der Waals surface area contributed by atoms with Crippen LogP contribution in [0, 0.1) is 0 Å². The zero-order valence-electron chi connectivity index (χ0n) is 47.0. The van der Waals surface area contributed by atoms with Crippen LogP contribution in [0.25, 0.3) is 0 Å². The molecule has 0 rings (SSSR count). The molecule has 2 unspecified atom stereocenters. The van der Waals surface area contributed by atoms with E-state index in [2.05, 4.69) is 135 Å². The number of carbonyl (C=O) groups excluding carboxylic acids is 2. The minimum atomic E-state index is -4.64. The van der Waals surface area contributed by atoms with Gasteiger partial charge in [-0.05, 0) is 89.9 Å². The molecule has 9 nitrogen and oxygen atoms in total. The molecule has 0 aliphatic rings. The minimum Gasteiger partial charge on any atom is -0.756 e. The van der Waals surface area contributed by atoms with Crippen molar-refractivity contribution in [2.24, 2.45) is 0 Å². The van der Waals surface area contributed by atoms with Gasteiger partial charge in [-0.25, -0.2) is 0 Å². The first-order valence-corrected chi connectivity index (χ1v) is 30.2. The number of carbonyl (C=O) groups is 2. The van der Waals surface area contributed by atoms with Crippen molar-refractivity contribution in [3.63, 3.8) is 0 Å². The first kappa shape index (κ1) is 69.4. The molecule has 2 atom stereocenters. The molecular formula is C63H106NO8P. The molecule has 73 heavy (non-hydrogen) atoms. The van der Waals surface area contributed by atoms with E-state index in [-0.39, 0.29) is 26.1 Å². The van der Waals surface area contributed by atoms with E-state index in [9.17, 15) is 19.0 Å². The average Bonchev–Trinajstić information content (AvgIpc) is 3.35. The summed E-state index contributed by atoms with van der Waals surface area (Å²) >= 11 is 0. The first-order chi connectivity index (χ1) is 35.5. The molecule has 0 spiro atoms. The van der Waals surface area contributed by atoms with E-state index in [0.717, 1.165) is 122 Å². The number of hydrogen-bond donors (Lipinski definition) is 0. The lowest BCUT2D eigenvalue weighted by molar-refractivity contribution is -0.870. The number of nitrogens with zero attached hydrogens (tertiary/aromatic N) is 1. The molecule has 10 heteroatoms. The third kappa shape index (κ3) is 57.5. The van der Waals surface area contributed by atoms with E-state index >= 15 is 0 Å². The summed E-state index contributed by atoms with van der Waals surface area (Å²) in [7, 11) is 1.14. The van der Waals surface area contributed by atoms with Crippen molar-refractivity contribution in [2.45, 2.75) is 219 Å². The van der Waals surface area contributed by atoms with Gasteiger partial charge in [-0.2, -0.15) is 0 Å². The van der Waals surface area contributed by atoms with Gasteiger partial charge < -0.3 is 27.9 Å². The van der Waals surface area contributed by atoms with E-state index < -0.39 is 32.5 Å². The maximum atomic E-state index is 12.8. The average molecular weight is 1040 g/mol. The van der Waals surface area contributed by atoms with Crippen LogP contribution >= 0.6 is 7.82 Å². The second kappa shape index (κ2) is 53.2. The molecule has 0 aromatic rings. The van der Waals surface area contributed by atoms with Gasteiger partial charge in [-0.15, -0.1) is 0 Å². The fourth-order valence-corrected chi connectivity index (χ4v) is 8.06. The van der Waals surface area contributed by atoms with Crippen LogP contribution in [0.1, 0.15) is 213 Å².